The molecule has 3 aromatic rings. The normalized spacial score (nSPS) is 12.7. The highest BCUT2D eigenvalue weighted by molar-refractivity contribution is 5.53. The standard InChI is InChI=1S/C21H16FN3/c1-2-16-8-10-18(11-9-16)21(24-25-23,17-6-4-3-5-7-17)19-12-14-20(22)15-13-19/h2-15H,1H2. The van der Waals surface area contributed by atoms with Crippen LogP contribution in [0.15, 0.2) is 90.6 Å². The Hall–Kier alpha value is -3.36. The topological polar surface area (TPSA) is 48.8 Å². The lowest BCUT2D eigenvalue weighted by Gasteiger charge is -2.31. The highest BCUT2D eigenvalue weighted by Gasteiger charge is 2.35. The van der Waals surface area contributed by atoms with Crippen LogP contribution in [0.2, 0.25) is 0 Å². The summed E-state index contributed by atoms with van der Waals surface area (Å²) in [5.41, 5.74) is 11.5. The molecule has 1 atom stereocenters. The van der Waals surface area contributed by atoms with Gasteiger partial charge >= 0.3 is 0 Å². The summed E-state index contributed by atoms with van der Waals surface area (Å²) in [7, 11) is 0. The Bertz CT molecular complexity index is 912. The van der Waals surface area contributed by atoms with Crippen molar-refractivity contribution in [2.75, 3.05) is 0 Å². The lowest BCUT2D eigenvalue weighted by molar-refractivity contribution is 0.616. The number of halogens is 1. The Morgan fingerprint density at radius 2 is 1.36 bits per heavy atom. The maximum absolute atomic E-state index is 13.4. The van der Waals surface area contributed by atoms with Gasteiger partial charge in [-0.15, -0.1) is 0 Å². The first kappa shape index (κ1) is 16.5. The van der Waals surface area contributed by atoms with Crippen molar-refractivity contribution in [3.63, 3.8) is 0 Å². The quantitative estimate of drug-likeness (QED) is 0.236. The summed E-state index contributed by atoms with van der Waals surface area (Å²) in [6.07, 6.45) is 1.75. The summed E-state index contributed by atoms with van der Waals surface area (Å²) >= 11 is 0. The Balaban J connectivity index is 2.33. The van der Waals surface area contributed by atoms with Gasteiger partial charge in [-0.25, -0.2) is 4.39 Å². The predicted molar refractivity (Wildman–Crippen MR) is 98.4 cm³/mol. The molecule has 122 valence electrons. The second-order valence-corrected chi connectivity index (χ2v) is 5.60. The van der Waals surface area contributed by atoms with Crippen LogP contribution in [0.25, 0.3) is 16.5 Å². The van der Waals surface area contributed by atoms with Crippen LogP contribution in [0.5, 0.6) is 0 Å². The number of rotatable bonds is 5. The summed E-state index contributed by atoms with van der Waals surface area (Å²) in [6, 6.07) is 23.2. The van der Waals surface area contributed by atoms with Gasteiger partial charge in [-0.3, -0.25) is 0 Å². The smallest absolute Gasteiger partial charge is 0.124 e. The average Bonchev–Trinajstić information content (AvgIpc) is 2.68. The van der Waals surface area contributed by atoms with Crippen LogP contribution >= 0.6 is 0 Å². The van der Waals surface area contributed by atoms with Gasteiger partial charge in [-0.05, 0) is 39.9 Å². The molecule has 0 radical (unpaired) electrons. The third-order valence-electron chi connectivity index (χ3n) is 4.21. The van der Waals surface area contributed by atoms with E-state index in [2.05, 4.69) is 16.6 Å². The number of hydrogen-bond acceptors (Lipinski definition) is 1. The third-order valence-corrected chi connectivity index (χ3v) is 4.21. The largest absolute Gasteiger partial charge is 0.207 e. The van der Waals surface area contributed by atoms with E-state index in [0.29, 0.717) is 5.56 Å². The first-order valence-electron chi connectivity index (χ1n) is 7.81. The number of azide groups is 1. The summed E-state index contributed by atoms with van der Waals surface area (Å²) in [6.45, 7) is 3.76. The van der Waals surface area contributed by atoms with Gasteiger partial charge in [0.05, 0.1) is 0 Å². The van der Waals surface area contributed by atoms with Crippen LogP contribution in [0.1, 0.15) is 22.3 Å². The van der Waals surface area contributed by atoms with E-state index in [1.807, 2.05) is 54.6 Å². The number of nitrogens with zero attached hydrogens (tertiary/aromatic N) is 3. The molecule has 0 aromatic heterocycles. The molecule has 0 fully saturated rings. The second kappa shape index (κ2) is 7.04. The molecule has 0 spiro atoms. The highest BCUT2D eigenvalue weighted by atomic mass is 19.1. The molecule has 0 aliphatic rings. The van der Waals surface area contributed by atoms with Crippen LogP contribution in [0.4, 0.5) is 4.39 Å². The van der Waals surface area contributed by atoms with E-state index in [9.17, 15) is 9.92 Å². The monoisotopic (exact) mass is 329 g/mol. The van der Waals surface area contributed by atoms with Crippen molar-refractivity contribution in [3.8, 4) is 0 Å². The van der Waals surface area contributed by atoms with Crippen LogP contribution < -0.4 is 0 Å². The van der Waals surface area contributed by atoms with Crippen molar-refractivity contribution in [1.82, 2.24) is 0 Å². The van der Waals surface area contributed by atoms with Gasteiger partial charge in [-0.1, -0.05) is 84.5 Å². The third kappa shape index (κ3) is 3.03. The lowest BCUT2D eigenvalue weighted by Crippen LogP contribution is -2.26. The molecule has 0 aliphatic heterocycles. The fraction of sp³-hybridized carbons (Fsp3) is 0.0476. The highest BCUT2D eigenvalue weighted by Crippen LogP contribution is 2.41. The van der Waals surface area contributed by atoms with Crippen molar-refractivity contribution in [2.24, 2.45) is 5.11 Å². The molecule has 3 aromatic carbocycles. The zero-order chi connectivity index (χ0) is 17.7. The molecule has 25 heavy (non-hydrogen) atoms. The van der Waals surface area contributed by atoms with E-state index < -0.39 is 5.54 Å². The van der Waals surface area contributed by atoms with E-state index >= 15 is 0 Å². The Kier molecular flexibility index (Phi) is 4.64. The first-order chi connectivity index (χ1) is 12.2. The van der Waals surface area contributed by atoms with Gasteiger partial charge in [0.2, 0.25) is 0 Å². The molecule has 0 bridgehead atoms. The lowest BCUT2D eigenvalue weighted by atomic mass is 9.77. The Labute approximate surface area is 145 Å². The maximum Gasteiger partial charge on any atom is 0.124 e. The van der Waals surface area contributed by atoms with E-state index in [1.54, 1.807) is 18.2 Å². The zero-order valence-corrected chi connectivity index (χ0v) is 13.5. The average molecular weight is 329 g/mol. The molecule has 0 aliphatic carbocycles. The fourth-order valence-electron chi connectivity index (χ4n) is 2.97. The second-order valence-electron chi connectivity index (χ2n) is 5.60. The zero-order valence-electron chi connectivity index (χ0n) is 13.5. The molecule has 3 rings (SSSR count). The number of benzene rings is 3. The fourth-order valence-corrected chi connectivity index (χ4v) is 2.97. The van der Waals surface area contributed by atoms with Crippen molar-refractivity contribution in [3.05, 3.63) is 124 Å². The van der Waals surface area contributed by atoms with Gasteiger partial charge < -0.3 is 0 Å². The summed E-state index contributed by atoms with van der Waals surface area (Å²) in [4.78, 5) is 3.11. The predicted octanol–water partition coefficient (Wildman–Crippen LogP) is 6.07. The van der Waals surface area contributed by atoms with Gasteiger partial charge in [0.25, 0.3) is 0 Å². The molecule has 0 saturated heterocycles. The van der Waals surface area contributed by atoms with Crippen molar-refractivity contribution in [1.29, 1.82) is 0 Å². The van der Waals surface area contributed by atoms with Crippen LogP contribution in [-0.4, -0.2) is 0 Å². The minimum Gasteiger partial charge on any atom is -0.207 e. The first-order valence-corrected chi connectivity index (χ1v) is 7.81. The number of hydrogen-bond donors (Lipinski definition) is 0. The van der Waals surface area contributed by atoms with Crippen molar-refractivity contribution < 1.29 is 4.39 Å². The molecular weight excluding hydrogens is 313 g/mol. The van der Waals surface area contributed by atoms with Gasteiger partial charge in [-0.2, -0.15) is 0 Å². The maximum atomic E-state index is 13.4. The molecule has 0 heterocycles. The molecule has 0 N–H and O–H groups in total. The minimum absolute atomic E-state index is 0.339. The van der Waals surface area contributed by atoms with Gasteiger partial charge in [0.1, 0.15) is 11.4 Å². The molecule has 0 amide bonds. The molecule has 0 saturated carbocycles. The summed E-state index contributed by atoms with van der Waals surface area (Å²) in [5, 5.41) is 4.18. The molecule has 3 nitrogen and oxygen atoms in total. The molecule has 4 heteroatoms. The van der Waals surface area contributed by atoms with Crippen LogP contribution in [0, 0.1) is 5.82 Å². The van der Waals surface area contributed by atoms with E-state index in [-0.39, 0.29) is 5.82 Å². The van der Waals surface area contributed by atoms with Gasteiger partial charge in [0, 0.05) is 4.91 Å². The Morgan fingerprint density at radius 1 is 0.840 bits per heavy atom. The van der Waals surface area contributed by atoms with Gasteiger partial charge in [0.15, 0.2) is 0 Å². The molecular formula is C21H16FN3. The Morgan fingerprint density at radius 3 is 1.88 bits per heavy atom. The van der Waals surface area contributed by atoms with Crippen molar-refractivity contribution >= 4 is 6.08 Å². The summed E-state index contributed by atoms with van der Waals surface area (Å²) in [5.74, 6) is -0.339. The summed E-state index contributed by atoms with van der Waals surface area (Å²) < 4.78 is 13.4. The van der Waals surface area contributed by atoms with E-state index in [0.717, 1.165) is 16.7 Å². The molecule has 1 unspecified atom stereocenters. The van der Waals surface area contributed by atoms with E-state index in [4.69, 9.17) is 0 Å². The van der Waals surface area contributed by atoms with Crippen LogP contribution in [-0.2, 0) is 5.54 Å². The van der Waals surface area contributed by atoms with Crippen LogP contribution in [0.3, 0.4) is 0 Å². The van der Waals surface area contributed by atoms with E-state index in [1.165, 1.54) is 12.1 Å². The van der Waals surface area contributed by atoms with Crippen molar-refractivity contribution in [2.45, 2.75) is 5.54 Å². The SMILES string of the molecule is C=Cc1ccc(C(N=[N+]=[N-])(c2ccccc2)c2ccc(F)cc2)cc1. The minimum atomic E-state index is -1.08.